The Hall–Kier alpha value is -3.80. The molecule has 34 heavy (non-hydrogen) atoms. The minimum absolute atomic E-state index is 0.0405. The number of carbonyl (C=O) groups is 1. The Morgan fingerprint density at radius 2 is 1.62 bits per heavy atom. The van der Waals surface area contributed by atoms with Crippen molar-refractivity contribution in [1.29, 1.82) is 0 Å². The van der Waals surface area contributed by atoms with E-state index in [1.165, 1.54) is 12.1 Å². The van der Waals surface area contributed by atoms with Crippen molar-refractivity contribution >= 4 is 5.91 Å². The van der Waals surface area contributed by atoms with E-state index >= 15 is 0 Å². The van der Waals surface area contributed by atoms with E-state index in [1.54, 1.807) is 4.57 Å². The van der Waals surface area contributed by atoms with Crippen LogP contribution in [0, 0.1) is 11.6 Å². The van der Waals surface area contributed by atoms with E-state index in [0.717, 1.165) is 30.0 Å². The Bertz CT molecular complexity index is 1270. The fourth-order valence-electron chi connectivity index (χ4n) is 4.20. The second kappa shape index (κ2) is 10.4. The second-order valence-electron chi connectivity index (χ2n) is 8.07. The van der Waals surface area contributed by atoms with Gasteiger partial charge in [-0.2, -0.15) is 0 Å². The molecule has 0 bridgehead atoms. The number of halogens is 2. The van der Waals surface area contributed by atoms with E-state index in [4.69, 9.17) is 0 Å². The highest BCUT2D eigenvalue weighted by molar-refractivity contribution is 6.00. The Kier molecular flexibility index (Phi) is 7.16. The van der Waals surface area contributed by atoms with Crippen LogP contribution in [-0.4, -0.2) is 15.5 Å². The molecule has 1 heterocycles. The lowest BCUT2D eigenvalue weighted by atomic mass is 10.0. The SMILES string of the molecule is CCCC(NC(=O)c1c(-c2cccc(F)c2F)nc(-c2ccccc2)n1CC)c1ccccc1. The number of aromatic nitrogens is 2. The smallest absolute Gasteiger partial charge is 0.270 e. The minimum atomic E-state index is -1.02. The maximum absolute atomic E-state index is 14.9. The average molecular weight is 460 g/mol. The van der Waals surface area contributed by atoms with Crippen molar-refractivity contribution in [3.63, 3.8) is 0 Å². The van der Waals surface area contributed by atoms with Crippen LogP contribution in [-0.2, 0) is 6.54 Å². The lowest BCUT2D eigenvalue weighted by Gasteiger charge is -2.20. The van der Waals surface area contributed by atoms with E-state index in [0.29, 0.717) is 12.4 Å². The molecule has 0 aliphatic carbocycles. The van der Waals surface area contributed by atoms with Crippen LogP contribution in [0.25, 0.3) is 22.6 Å². The predicted molar refractivity (Wildman–Crippen MR) is 130 cm³/mol. The molecule has 0 saturated heterocycles. The minimum Gasteiger partial charge on any atom is -0.344 e. The molecule has 1 amide bonds. The molecule has 3 aromatic carbocycles. The molecule has 1 atom stereocenters. The summed E-state index contributed by atoms with van der Waals surface area (Å²) in [5.74, 6) is -1.86. The standard InChI is InChI=1S/C28H27F2N3O/c1-3-12-23(19-13-7-5-8-14-19)31-28(34)26-25(21-17-11-18-22(29)24(21)30)32-27(33(26)4-2)20-15-9-6-10-16-20/h5-11,13-18,23H,3-4,12H2,1-2H3,(H,31,34). The monoisotopic (exact) mass is 459 g/mol. The summed E-state index contributed by atoms with van der Waals surface area (Å²) in [6.45, 7) is 4.39. The van der Waals surface area contributed by atoms with Gasteiger partial charge >= 0.3 is 0 Å². The second-order valence-corrected chi connectivity index (χ2v) is 8.07. The quantitative estimate of drug-likeness (QED) is 0.315. The number of imidazole rings is 1. The van der Waals surface area contributed by atoms with Crippen LogP contribution in [0.4, 0.5) is 8.78 Å². The molecule has 0 fully saturated rings. The van der Waals surface area contributed by atoms with Crippen LogP contribution in [0.15, 0.2) is 78.9 Å². The molecular formula is C28H27F2N3O. The highest BCUT2D eigenvalue weighted by atomic mass is 19.2. The summed E-state index contributed by atoms with van der Waals surface area (Å²) in [6, 6.07) is 22.8. The van der Waals surface area contributed by atoms with Gasteiger partial charge in [-0.15, -0.1) is 0 Å². The van der Waals surface area contributed by atoms with Gasteiger partial charge in [0.2, 0.25) is 0 Å². The van der Waals surface area contributed by atoms with Gasteiger partial charge in [0, 0.05) is 17.7 Å². The number of benzene rings is 3. The van der Waals surface area contributed by atoms with E-state index in [-0.39, 0.29) is 28.9 Å². The molecule has 174 valence electrons. The Morgan fingerprint density at radius 1 is 0.941 bits per heavy atom. The first-order valence-electron chi connectivity index (χ1n) is 11.5. The summed E-state index contributed by atoms with van der Waals surface area (Å²) < 4.78 is 30.8. The van der Waals surface area contributed by atoms with Crippen LogP contribution < -0.4 is 5.32 Å². The number of hydrogen-bond donors (Lipinski definition) is 1. The highest BCUT2D eigenvalue weighted by Gasteiger charge is 2.28. The maximum Gasteiger partial charge on any atom is 0.270 e. The van der Waals surface area contributed by atoms with Gasteiger partial charge in [0.15, 0.2) is 11.6 Å². The third kappa shape index (κ3) is 4.62. The topological polar surface area (TPSA) is 46.9 Å². The van der Waals surface area contributed by atoms with Crippen molar-refractivity contribution in [2.45, 2.75) is 39.3 Å². The first kappa shape index (κ1) is 23.4. The number of nitrogens with one attached hydrogen (secondary N) is 1. The molecule has 0 saturated carbocycles. The van der Waals surface area contributed by atoms with Gasteiger partial charge in [0.05, 0.1) is 6.04 Å². The van der Waals surface area contributed by atoms with Crippen molar-refractivity contribution in [1.82, 2.24) is 14.9 Å². The molecule has 1 unspecified atom stereocenters. The molecule has 1 N–H and O–H groups in total. The number of carbonyl (C=O) groups excluding carboxylic acids is 1. The van der Waals surface area contributed by atoms with Crippen LogP contribution in [0.3, 0.4) is 0 Å². The van der Waals surface area contributed by atoms with E-state index in [1.807, 2.05) is 67.6 Å². The fourth-order valence-corrected chi connectivity index (χ4v) is 4.20. The van der Waals surface area contributed by atoms with Gasteiger partial charge in [-0.25, -0.2) is 13.8 Å². The first-order valence-corrected chi connectivity index (χ1v) is 11.5. The van der Waals surface area contributed by atoms with E-state index < -0.39 is 11.6 Å². The summed E-state index contributed by atoms with van der Waals surface area (Å²) in [5, 5.41) is 3.12. The van der Waals surface area contributed by atoms with Gasteiger partial charge in [-0.3, -0.25) is 4.79 Å². The zero-order chi connectivity index (χ0) is 24.1. The van der Waals surface area contributed by atoms with Gasteiger partial charge in [0.25, 0.3) is 5.91 Å². The molecule has 6 heteroatoms. The molecule has 0 aliphatic heterocycles. The summed E-state index contributed by atoms with van der Waals surface area (Å²) in [6.07, 6.45) is 1.61. The molecule has 4 nitrogen and oxygen atoms in total. The highest BCUT2D eigenvalue weighted by Crippen LogP contribution is 2.32. The van der Waals surface area contributed by atoms with Crippen LogP contribution in [0.5, 0.6) is 0 Å². The fraction of sp³-hybridized carbons (Fsp3) is 0.214. The molecule has 1 aromatic heterocycles. The molecule has 0 spiro atoms. The Labute approximate surface area is 198 Å². The van der Waals surface area contributed by atoms with E-state index in [2.05, 4.69) is 17.2 Å². The molecule has 4 aromatic rings. The molecule has 0 radical (unpaired) electrons. The summed E-state index contributed by atoms with van der Waals surface area (Å²) in [4.78, 5) is 18.4. The third-order valence-electron chi connectivity index (χ3n) is 5.82. The summed E-state index contributed by atoms with van der Waals surface area (Å²) >= 11 is 0. The van der Waals surface area contributed by atoms with Crippen LogP contribution in [0.1, 0.15) is 48.8 Å². The van der Waals surface area contributed by atoms with E-state index in [9.17, 15) is 13.6 Å². The predicted octanol–water partition coefficient (Wildman–Crippen LogP) is 6.79. The van der Waals surface area contributed by atoms with Crippen LogP contribution >= 0.6 is 0 Å². The largest absolute Gasteiger partial charge is 0.344 e. The summed E-state index contributed by atoms with van der Waals surface area (Å²) in [7, 11) is 0. The third-order valence-corrected chi connectivity index (χ3v) is 5.82. The van der Waals surface area contributed by atoms with Crippen molar-refractivity contribution in [3.8, 4) is 22.6 Å². The molecule has 0 aliphatic rings. The van der Waals surface area contributed by atoms with Crippen LogP contribution in [0.2, 0.25) is 0 Å². The van der Waals surface area contributed by atoms with Crippen molar-refractivity contribution in [3.05, 3.63) is 102 Å². The zero-order valence-corrected chi connectivity index (χ0v) is 19.3. The Morgan fingerprint density at radius 3 is 2.26 bits per heavy atom. The van der Waals surface area contributed by atoms with Crippen molar-refractivity contribution in [2.75, 3.05) is 0 Å². The maximum atomic E-state index is 14.9. The first-order chi connectivity index (χ1) is 16.5. The molecular weight excluding hydrogens is 432 g/mol. The Balaban J connectivity index is 1.86. The lowest BCUT2D eigenvalue weighted by Crippen LogP contribution is -2.30. The van der Waals surface area contributed by atoms with Crippen molar-refractivity contribution in [2.24, 2.45) is 0 Å². The molecule has 4 rings (SSSR count). The number of rotatable bonds is 8. The van der Waals surface area contributed by atoms with Crippen molar-refractivity contribution < 1.29 is 13.6 Å². The summed E-state index contributed by atoms with van der Waals surface area (Å²) in [5.41, 5.74) is 2.07. The van der Waals surface area contributed by atoms with Gasteiger partial charge < -0.3 is 9.88 Å². The normalized spacial score (nSPS) is 11.9. The van der Waals surface area contributed by atoms with Gasteiger partial charge in [0.1, 0.15) is 17.2 Å². The average Bonchev–Trinajstić information content (AvgIpc) is 3.26. The zero-order valence-electron chi connectivity index (χ0n) is 19.3. The number of hydrogen-bond acceptors (Lipinski definition) is 2. The van der Waals surface area contributed by atoms with Gasteiger partial charge in [-0.1, -0.05) is 80.1 Å². The number of nitrogens with zero attached hydrogens (tertiary/aromatic N) is 2. The lowest BCUT2D eigenvalue weighted by molar-refractivity contribution is 0.0926. The van der Waals surface area contributed by atoms with Gasteiger partial charge in [-0.05, 0) is 31.0 Å². The number of amides is 1.